The van der Waals surface area contributed by atoms with E-state index in [0.29, 0.717) is 6.17 Å². The van der Waals surface area contributed by atoms with Crippen molar-refractivity contribution in [3.05, 3.63) is 12.4 Å². The first-order chi connectivity index (χ1) is 17.3. The van der Waals surface area contributed by atoms with E-state index in [-0.39, 0.29) is 0 Å². The maximum Gasteiger partial charge on any atom is 0.101 e. The fourth-order valence-electron chi connectivity index (χ4n) is 5.66. The van der Waals surface area contributed by atoms with Crippen LogP contribution in [0.3, 0.4) is 0 Å². The standard InChI is InChI=1S/C33H66N2/c1-4-7-10-13-14-15-16-17-18-19-20-21-24-27-30-35-32-31-34(29-26-23-12-9-6-3)33(35)28-25-22-11-8-5-2/h31-33H,4-30H2,1-3H3. The van der Waals surface area contributed by atoms with Crippen molar-refractivity contribution < 1.29 is 0 Å². The van der Waals surface area contributed by atoms with Gasteiger partial charge in [0, 0.05) is 25.5 Å². The summed E-state index contributed by atoms with van der Waals surface area (Å²) in [5, 5.41) is 0. The van der Waals surface area contributed by atoms with E-state index in [4.69, 9.17) is 0 Å². The first-order valence-electron chi connectivity index (χ1n) is 16.5. The normalized spacial score (nSPS) is 15.6. The van der Waals surface area contributed by atoms with E-state index in [0.717, 1.165) is 0 Å². The minimum Gasteiger partial charge on any atom is -0.356 e. The molecule has 1 aliphatic heterocycles. The Morgan fingerprint density at radius 1 is 0.371 bits per heavy atom. The molecule has 0 spiro atoms. The highest BCUT2D eigenvalue weighted by molar-refractivity contribution is 4.97. The van der Waals surface area contributed by atoms with E-state index in [1.807, 2.05) is 0 Å². The van der Waals surface area contributed by atoms with Crippen LogP contribution >= 0.6 is 0 Å². The second kappa shape index (κ2) is 25.0. The fourth-order valence-corrected chi connectivity index (χ4v) is 5.66. The van der Waals surface area contributed by atoms with Gasteiger partial charge in [0.2, 0.25) is 0 Å². The Labute approximate surface area is 222 Å². The van der Waals surface area contributed by atoms with Gasteiger partial charge in [-0.25, -0.2) is 0 Å². The smallest absolute Gasteiger partial charge is 0.101 e. The van der Waals surface area contributed by atoms with Crippen LogP contribution < -0.4 is 0 Å². The predicted molar refractivity (Wildman–Crippen MR) is 159 cm³/mol. The first-order valence-corrected chi connectivity index (χ1v) is 16.5. The van der Waals surface area contributed by atoms with Crippen molar-refractivity contribution in [2.75, 3.05) is 13.1 Å². The molecule has 0 aromatic carbocycles. The van der Waals surface area contributed by atoms with Crippen LogP contribution in [0.4, 0.5) is 0 Å². The lowest BCUT2D eigenvalue weighted by atomic mass is 10.0. The molecule has 2 nitrogen and oxygen atoms in total. The molecule has 0 saturated heterocycles. The van der Waals surface area contributed by atoms with Crippen LogP contribution in [0.1, 0.15) is 181 Å². The third kappa shape index (κ3) is 18.3. The van der Waals surface area contributed by atoms with Crippen LogP contribution in [0.25, 0.3) is 0 Å². The summed E-state index contributed by atoms with van der Waals surface area (Å²) < 4.78 is 0. The summed E-state index contributed by atoms with van der Waals surface area (Å²) in [5.74, 6) is 0. The van der Waals surface area contributed by atoms with E-state index in [1.165, 1.54) is 174 Å². The SMILES string of the molecule is CCCCCCCCCCCCCCCCN1C=CN(CCCCCCC)C1CCCCCCC. The highest BCUT2D eigenvalue weighted by Crippen LogP contribution is 2.23. The minimum atomic E-state index is 0.643. The number of rotatable bonds is 27. The van der Waals surface area contributed by atoms with Crippen molar-refractivity contribution in [1.29, 1.82) is 0 Å². The van der Waals surface area contributed by atoms with E-state index in [2.05, 4.69) is 43.0 Å². The lowest BCUT2D eigenvalue weighted by Crippen LogP contribution is -2.39. The Kier molecular flexibility index (Phi) is 23.1. The van der Waals surface area contributed by atoms with Crippen molar-refractivity contribution in [2.45, 2.75) is 187 Å². The molecule has 2 heteroatoms. The third-order valence-electron chi connectivity index (χ3n) is 8.07. The van der Waals surface area contributed by atoms with Crippen molar-refractivity contribution in [3.63, 3.8) is 0 Å². The van der Waals surface area contributed by atoms with Gasteiger partial charge in [-0.1, -0.05) is 156 Å². The molecular formula is C33H66N2. The van der Waals surface area contributed by atoms with E-state index in [9.17, 15) is 0 Å². The van der Waals surface area contributed by atoms with Crippen LogP contribution in [0.2, 0.25) is 0 Å². The zero-order valence-electron chi connectivity index (χ0n) is 24.7. The van der Waals surface area contributed by atoms with Gasteiger partial charge in [0.05, 0.1) is 0 Å². The Bertz CT molecular complexity index is 446. The zero-order valence-corrected chi connectivity index (χ0v) is 24.7. The molecule has 1 unspecified atom stereocenters. The summed E-state index contributed by atoms with van der Waals surface area (Å²) in [6.07, 6.45) is 41.0. The molecule has 1 heterocycles. The predicted octanol–water partition coefficient (Wildman–Crippen LogP) is 11.2. The zero-order chi connectivity index (χ0) is 25.2. The van der Waals surface area contributed by atoms with Crippen LogP contribution in [0.15, 0.2) is 12.4 Å². The van der Waals surface area contributed by atoms with Crippen molar-refractivity contribution in [1.82, 2.24) is 9.80 Å². The molecule has 1 atom stereocenters. The van der Waals surface area contributed by atoms with Gasteiger partial charge in [0.15, 0.2) is 0 Å². The average molecular weight is 491 g/mol. The summed E-state index contributed by atoms with van der Waals surface area (Å²) in [6.45, 7) is 9.46. The Hall–Kier alpha value is -0.660. The molecule has 0 N–H and O–H groups in total. The van der Waals surface area contributed by atoms with Gasteiger partial charge in [0.25, 0.3) is 0 Å². The van der Waals surface area contributed by atoms with Gasteiger partial charge in [-0.2, -0.15) is 0 Å². The minimum absolute atomic E-state index is 0.643. The molecule has 0 aliphatic carbocycles. The summed E-state index contributed by atoms with van der Waals surface area (Å²) in [5.41, 5.74) is 0. The lowest BCUT2D eigenvalue weighted by molar-refractivity contribution is 0.135. The maximum absolute atomic E-state index is 2.69. The second-order valence-electron chi connectivity index (χ2n) is 11.5. The van der Waals surface area contributed by atoms with Gasteiger partial charge >= 0.3 is 0 Å². The molecule has 1 rings (SSSR count). The highest BCUT2D eigenvalue weighted by atomic mass is 15.4. The molecule has 0 bridgehead atoms. The molecule has 0 radical (unpaired) electrons. The van der Waals surface area contributed by atoms with E-state index >= 15 is 0 Å². The summed E-state index contributed by atoms with van der Waals surface area (Å²) in [4.78, 5) is 5.36. The van der Waals surface area contributed by atoms with Crippen molar-refractivity contribution >= 4 is 0 Å². The largest absolute Gasteiger partial charge is 0.356 e. The summed E-state index contributed by atoms with van der Waals surface area (Å²) >= 11 is 0. The molecule has 0 fully saturated rings. The third-order valence-corrected chi connectivity index (χ3v) is 8.07. The fraction of sp³-hybridized carbons (Fsp3) is 0.939. The molecule has 0 amide bonds. The average Bonchev–Trinajstić information content (AvgIpc) is 3.25. The molecule has 208 valence electrons. The van der Waals surface area contributed by atoms with Crippen LogP contribution in [-0.4, -0.2) is 29.1 Å². The molecule has 0 aromatic rings. The van der Waals surface area contributed by atoms with Gasteiger partial charge in [0.1, 0.15) is 6.17 Å². The van der Waals surface area contributed by atoms with E-state index < -0.39 is 0 Å². The maximum atomic E-state index is 2.69. The van der Waals surface area contributed by atoms with Crippen molar-refractivity contribution in [2.24, 2.45) is 0 Å². The number of hydrogen-bond donors (Lipinski definition) is 0. The monoisotopic (exact) mass is 491 g/mol. The Balaban J connectivity index is 2.12. The molecule has 1 aliphatic rings. The number of nitrogens with zero attached hydrogens (tertiary/aromatic N) is 2. The van der Waals surface area contributed by atoms with Crippen LogP contribution in [0, 0.1) is 0 Å². The van der Waals surface area contributed by atoms with Crippen LogP contribution in [0.5, 0.6) is 0 Å². The Morgan fingerprint density at radius 3 is 1.00 bits per heavy atom. The molecule has 35 heavy (non-hydrogen) atoms. The molecule has 0 aromatic heterocycles. The quantitative estimate of drug-likeness (QED) is 0.106. The second-order valence-corrected chi connectivity index (χ2v) is 11.5. The summed E-state index contributed by atoms with van der Waals surface area (Å²) in [6, 6.07) is 0. The van der Waals surface area contributed by atoms with Gasteiger partial charge in [-0.15, -0.1) is 0 Å². The highest BCUT2D eigenvalue weighted by Gasteiger charge is 2.24. The lowest BCUT2D eigenvalue weighted by Gasteiger charge is -2.33. The Morgan fingerprint density at radius 2 is 0.657 bits per heavy atom. The van der Waals surface area contributed by atoms with Gasteiger partial charge < -0.3 is 9.80 Å². The first kappa shape index (κ1) is 32.4. The molecular weight excluding hydrogens is 424 g/mol. The van der Waals surface area contributed by atoms with Crippen LogP contribution in [-0.2, 0) is 0 Å². The molecule has 0 saturated carbocycles. The van der Waals surface area contributed by atoms with Gasteiger partial charge in [-0.05, 0) is 25.7 Å². The topological polar surface area (TPSA) is 6.48 Å². The number of hydrogen-bond acceptors (Lipinski definition) is 2. The van der Waals surface area contributed by atoms with E-state index in [1.54, 1.807) is 0 Å². The number of unbranched alkanes of at least 4 members (excludes halogenated alkanes) is 21. The summed E-state index contributed by atoms with van der Waals surface area (Å²) in [7, 11) is 0. The van der Waals surface area contributed by atoms with Gasteiger partial charge in [-0.3, -0.25) is 0 Å². The van der Waals surface area contributed by atoms with Crippen molar-refractivity contribution in [3.8, 4) is 0 Å².